The Morgan fingerprint density at radius 1 is 1.12 bits per heavy atom. The Bertz CT molecular complexity index is 998. The van der Waals surface area contributed by atoms with Crippen molar-refractivity contribution < 1.29 is 19.2 Å². The number of aryl methyl sites for hydroxylation is 1. The van der Waals surface area contributed by atoms with Crippen LogP contribution in [0.5, 0.6) is 0 Å². The third kappa shape index (κ3) is 5.25. The second kappa shape index (κ2) is 10.6. The number of carbonyl (C=O) groups excluding carboxylic acids is 2. The predicted octanol–water partition coefficient (Wildman–Crippen LogP) is 3.79. The molecule has 0 spiro atoms. The molecule has 1 N–H and O–H groups in total. The van der Waals surface area contributed by atoms with Gasteiger partial charge in [0.25, 0.3) is 11.6 Å². The Hall–Kier alpha value is -2.98. The van der Waals surface area contributed by atoms with Crippen molar-refractivity contribution in [3.8, 4) is 0 Å². The fourth-order valence-corrected chi connectivity index (χ4v) is 4.62. The van der Waals surface area contributed by atoms with Gasteiger partial charge in [0.2, 0.25) is 0 Å². The summed E-state index contributed by atoms with van der Waals surface area (Å²) in [6, 6.07) is 6.07. The highest BCUT2D eigenvalue weighted by Crippen LogP contribution is 2.32. The Balaban J connectivity index is 1.93. The number of hydrogen-bond donors (Lipinski definition) is 1. The molecule has 2 heterocycles. The summed E-state index contributed by atoms with van der Waals surface area (Å²) in [5, 5.41) is 14.5. The Morgan fingerprint density at radius 2 is 1.84 bits per heavy atom. The normalized spacial score (nSPS) is 14.3. The average Bonchev–Trinajstić information content (AvgIpc) is 3.21. The van der Waals surface area contributed by atoms with Gasteiger partial charge < -0.3 is 19.9 Å². The van der Waals surface area contributed by atoms with E-state index in [1.165, 1.54) is 23.5 Å². The van der Waals surface area contributed by atoms with E-state index in [1.54, 1.807) is 19.1 Å². The summed E-state index contributed by atoms with van der Waals surface area (Å²) in [6.07, 6.45) is 0.705. The zero-order chi connectivity index (χ0) is 23.3. The Labute approximate surface area is 191 Å². The van der Waals surface area contributed by atoms with E-state index in [0.717, 1.165) is 37.6 Å². The number of ether oxygens (including phenoxy) is 1. The highest BCUT2D eigenvalue weighted by molar-refractivity contribution is 7.16. The fraction of sp³-hybridized carbons (Fsp3) is 0.455. The lowest BCUT2D eigenvalue weighted by Crippen LogP contribution is -2.46. The van der Waals surface area contributed by atoms with Gasteiger partial charge in [-0.2, -0.15) is 0 Å². The molecule has 1 aliphatic rings. The number of nitrogens with one attached hydrogen (secondary N) is 1. The van der Waals surface area contributed by atoms with Crippen LogP contribution in [0.1, 0.15) is 46.4 Å². The van der Waals surface area contributed by atoms with E-state index in [4.69, 9.17) is 4.74 Å². The molecule has 2 aromatic rings. The van der Waals surface area contributed by atoms with E-state index >= 15 is 0 Å². The highest BCUT2D eigenvalue weighted by Gasteiger charge is 2.25. The lowest BCUT2D eigenvalue weighted by Gasteiger charge is -2.36. The van der Waals surface area contributed by atoms with Crippen molar-refractivity contribution in [3.05, 3.63) is 50.4 Å². The molecular formula is C22H28N4O5S. The van der Waals surface area contributed by atoms with Crippen molar-refractivity contribution >= 4 is 39.6 Å². The number of amides is 1. The third-order valence-corrected chi connectivity index (χ3v) is 6.64. The molecule has 0 bridgehead atoms. The Kier molecular flexibility index (Phi) is 7.81. The summed E-state index contributed by atoms with van der Waals surface area (Å²) in [5.74, 6) is -0.995. The van der Waals surface area contributed by atoms with E-state index in [9.17, 15) is 19.7 Å². The molecule has 1 aromatic heterocycles. The number of hydrogen-bond acceptors (Lipinski definition) is 8. The van der Waals surface area contributed by atoms with E-state index in [-0.39, 0.29) is 17.9 Å². The predicted molar refractivity (Wildman–Crippen MR) is 125 cm³/mol. The summed E-state index contributed by atoms with van der Waals surface area (Å²) >= 11 is 1.30. The number of esters is 1. The minimum atomic E-state index is -0.514. The molecule has 0 aliphatic carbocycles. The molecule has 1 saturated heterocycles. The van der Waals surface area contributed by atoms with Crippen molar-refractivity contribution in [2.75, 3.05) is 49.5 Å². The van der Waals surface area contributed by atoms with Gasteiger partial charge in [-0.05, 0) is 32.0 Å². The van der Waals surface area contributed by atoms with Crippen molar-refractivity contribution in [2.45, 2.75) is 27.2 Å². The van der Waals surface area contributed by atoms with Crippen LogP contribution < -0.4 is 10.2 Å². The number of piperazine rings is 1. The van der Waals surface area contributed by atoms with Crippen molar-refractivity contribution in [2.24, 2.45) is 0 Å². The topological polar surface area (TPSA) is 105 Å². The smallest absolute Gasteiger partial charge is 0.341 e. The minimum absolute atomic E-state index is 0.155. The molecule has 0 saturated carbocycles. The average molecular weight is 461 g/mol. The molecule has 1 aliphatic heterocycles. The monoisotopic (exact) mass is 460 g/mol. The van der Waals surface area contributed by atoms with Gasteiger partial charge in [0, 0.05) is 43.2 Å². The van der Waals surface area contributed by atoms with Crippen LogP contribution >= 0.6 is 11.3 Å². The molecule has 1 fully saturated rings. The van der Waals surface area contributed by atoms with Crippen LogP contribution in [0.15, 0.2) is 24.3 Å². The number of nitro benzene ring substituents is 1. The van der Waals surface area contributed by atoms with Gasteiger partial charge in [0.1, 0.15) is 5.00 Å². The van der Waals surface area contributed by atoms with Gasteiger partial charge in [-0.3, -0.25) is 14.9 Å². The molecule has 32 heavy (non-hydrogen) atoms. The lowest BCUT2D eigenvalue weighted by atomic mass is 10.1. The zero-order valence-corrected chi connectivity index (χ0v) is 19.4. The maximum Gasteiger partial charge on any atom is 0.341 e. The van der Waals surface area contributed by atoms with Gasteiger partial charge in [-0.1, -0.05) is 13.8 Å². The molecule has 3 rings (SSSR count). The molecular weight excluding hydrogens is 432 g/mol. The number of benzene rings is 1. The summed E-state index contributed by atoms with van der Waals surface area (Å²) in [7, 11) is 0. The minimum Gasteiger partial charge on any atom is -0.462 e. The Morgan fingerprint density at radius 3 is 2.44 bits per heavy atom. The van der Waals surface area contributed by atoms with Crippen LogP contribution in [-0.4, -0.2) is 61.0 Å². The van der Waals surface area contributed by atoms with Crippen molar-refractivity contribution in [3.63, 3.8) is 0 Å². The first kappa shape index (κ1) is 23.7. The number of carbonyl (C=O) groups is 2. The molecule has 172 valence electrons. The van der Waals surface area contributed by atoms with Crippen LogP contribution in [-0.2, 0) is 11.2 Å². The molecule has 1 aromatic carbocycles. The lowest BCUT2D eigenvalue weighted by molar-refractivity contribution is -0.384. The largest absolute Gasteiger partial charge is 0.462 e. The van der Waals surface area contributed by atoms with Crippen molar-refractivity contribution in [1.82, 2.24) is 4.90 Å². The number of rotatable bonds is 8. The van der Waals surface area contributed by atoms with Crippen LogP contribution in [0.3, 0.4) is 0 Å². The van der Waals surface area contributed by atoms with Gasteiger partial charge >= 0.3 is 5.97 Å². The molecule has 10 heteroatoms. The van der Waals surface area contributed by atoms with E-state index in [0.29, 0.717) is 22.7 Å². The van der Waals surface area contributed by atoms with E-state index < -0.39 is 16.8 Å². The second-order valence-corrected chi connectivity index (χ2v) is 8.50. The van der Waals surface area contributed by atoms with Crippen LogP contribution in [0, 0.1) is 10.1 Å². The molecule has 1 amide bonds. The standard InChI is InChI=1S/C22H28N4O5S/c1-4-16-14-18(22(28)31-6-3)21(32-16)23-20(27)17-13-15(26(29)30)7-8-19(17)25-11-9-24(5-2)10-12-25/h7-8,13-14H,4-6,9-12H2,1-3H3,(H,23,27). The maximum atomic E-state index is 13.3. The number of nitro groups is 1. The summed E-state index contributed by atoms with van der Waals surface area (Å²) in [5.41, 5.74) is 1.00. The van der Waals surface area contributed by atoms with Crippen LogP contribution in [0.25, 0.3) is 0 Å². The van der Waals surface area contributed by atoms with Gasteiger partial charge in [-0.25, -0.2) is 4.79 Å². The maximum absolute atomic E-state index is 13.3. The first-order valence-corrected chi connectivity index (χ1v) is 11.6. The van der Waals surface area contributed by atoms with Crippen LogP contribution in [0.4, 0.5) is 16.4 Å². The molecule has 9 nitrogen and oxygen atoms in total. The quantitative estimate of drug-likeness (QED) is 0.363. The SMILES string of the molecule is CCOC(=O)c1cc(CC)sc1NC(=O)c1cc([N+](=O)[O-])ccc1N1CCN(CC)CC1. The number of thiophene rings is 1. The molecule has 0 atom stereocenters. The first-order valence-electron chi connectivity index (χ1n) is 10.7. The number of likely N-dealkylation sites (N-methyl/N-ethyl adjacent to an activating group) is 1. The third-order valence-electron chi connectivity index (χ3n) is 5.45. The number of anilines is 2. The summed E-state index contributed by atoms with van der Waals surface area (Å²) < 4.78 is 5.12. The van der Waals surface area contributed by atoms with E-state index in [2.05, 4.69) is 22.0 Å². The second-order valence-electron chi connectivity index (χ2n) is 7.36. The summed E-state index contributed by atoms with van der Waals surface area (Å²) in [6.45, 7) is 10.1. The van der Waals surface area contributed by atoms with Gasteiger partial charge in [0.05, 0.1) is 28.3 Å². The number of non-ortho nitro benzene ring substituents is 1. The fourth-order valence-electron chi connectivity index (χ4n) is 3.64. The molecule has 0 unspecified atom stereocenters. The highest BCUT2D eigenvalue weighted by atomic mass is 32.1. The van der Waals surface area contributed by atoms with E-state index in [1.807, 2.05) is 6.92 Å². The molecule has 0 radical (unpaired) electrons. The van der Waals surface area contributed by atoms with Gasteiger partial charge in [-0.15, -0.1) is 11.3 Å². The van der Waals surface area contributed by atoms with Crippen LogP contribution in [0.2, 0.25) is 0 Å². The summed E-state index contributed by atoms with van der Waals surface area (Å²) in [4.78, 5) is 41.8. The first-order chi connectivity index (χ1) is 15.4. The number of nitrogens with zero attached hydrogens (tertiary/aromatic N) is 3. The van der Waals surface area contributed by atoms with Gasteiger partial charge in [0.15, 0.2) is 0 Å². The zero-order valence-electron chi connectivity index (χ0n) is 18.6. The van der Waals surface area contributed by atoms with Crippen molar-refractivity contribution in [1.29, 1.82) is 0 Å².